The Morgan fingerprint density at radius 2 is 1.18 bits per heavy atom. The van der Waals surface area contributed by atoms with E-state index in [1.807, 2.05) is 0 Å². The van der Waals surface area contributed by atoms with E-state index < -0.39 is 11.9 Å². The van der Waals surface area contributed by atoms with Gasteiger partial charge in [-0.3, -0.25) is 0 Å². The Hall–Kier alpha value is -4.00. The van der Waals surface area contributed by atoms with Crippen molar-refractivity contribution in [1.29, 1.82) is 0 Å². The maximum Gasteiger partial charge on any atom is 0.347 e. The molecule has 3 rings (SSSR count). The number of esters is 2. The smallest absolute Gasteiger partial charge is 0.347 e. The summed E-state index contributed by atoms with van der Waals surface area (Å²) >= 11 is 0. The zero-order valence-electron chi connectivity index (χ0n) is 14.8. The Morgan fingerprint density at radius 1 is 0.679 bits per heavy atom. The van der Waals surface area contributed by atoms with Gasteiger partial charge in [-0.2, -0.15) is 0 Å². The first kappa shape index (κ1) is 18.8. The standard InChI is InChI=1S/C21H16O7/c1-26-17-11-6-12-18(27-20(24)13-7-2-4-9-15(13)22)19(17)28-21(25)14-8-3-5-10-16(14)23/h2-12,22-23H,1H3. The molecule has 0 amide bonds. The zero-order valence-corrected chi connectivity index (χ0v) is 14.8. The van der Waals surface area contributed by atoms with E-state index in [1.165, 1.54) is 43.5 Å². The molecule has 142 valence electrons. The Labute approximate surface area is 160 Å². The summed E-state index contributed by atoms with van der Waals surface area (Å²) in [6.45, 7) is 0. The highest BCUT2D eigenvalue weighted by molar-refractivity contribution is 5.96. The normalized spacial score (nSPS) is 10.2. The van der Waals surface area contributed by atoms with E-state index in [-0.39, 0.29) is 39.9 Å². The molecule has 7 heteroatoms. The number of hydrogen-bond acceptors (Lipinski definition) is 7. The van der Waals surface area contributed by atoms with Crippen LogP contribution in [0.3, 0.4) is 0 Å². The first-order valence-electron chi connectivity index (χ1n) is 8.18. The van der Waals surface area contributed by atoms with Crippen LogP contribution < -0.4 is 14.2 Å². The number of methoxy groups -OCH3 is 1. The molecule has 0 aliphatic rings. The Balaban J connectivity index is 1.93. The second-order valence-electron chi connectivity index (χ2n) is 5.60. The van der Waals surface area contributed by atoms with Crippen molar-refractivity contribution in [2.24, 2.45) is 0 Å². The van der Waals surface area contributed by atoms with E-state index in [9.17, 15) is 19.8 Å². The lowest BCUT2D eigenvalue weighted by Crippen LogP contribution is -2.13. The van der Waals surface area contributed by atoms with Gasteiger partial charge in [0.05, 0.1) is 7.11 Å². The third-order valence-electron chi connectivity index (χ3n) is 3.81. The molecule has 0 bridgehead atoms. The minimum atomic E-state index is -0.859. The number of benzene rings is 3. The summed E-state index contributed by atoms with van der Waals surface area (Å²) in [5.41, 5.74) is -0.116. The number of carbonyl (C=O) groups is 2. The SMILES string of the molecule is COc1cccc(OC(=O)c2ccccc2O)c1OC(=O)c1ccccc1O. The van der Waals surface area contributed by atoms with Gasteiger partial charge in [0.25, 0.3) is 0 Å². The molecule has 0 radical (unpaired) electrons. The van der Waals surface area contributed by atoms with Gasteiger partial charge in [0.2, 0.25) is 5.75 Å². The number of phenolic OH excluding ortho intramolecular Hbond substituents is 2. The van der Waals surface area contributed by atoms with Crippen molar-refractivity contribution >= 4 is 11.9 Å². The predicted molar refractivity (Wildman–Crippen MR) is 99.1 cm³/mol. The minimum absolute atomic E-state index is 0.0525. The topological polar surface area (TPSA) is 102 Å². The molecule has 28 heavy (non-hydrogen) atoms. The lowest BCUT2D eigenvalue weighted by atomic mass is 10.2. The van der Waals surface area contributed by atoms with Gasteiger partial charge in [-0.15, -0.1) is 0 Å². The van der Waals surface area contributed by atoms with Crippen LogP contribution in [-0.2, 0) is 0 Å². The molecular weight excluding hydrogens is 364 g/mol. The number of carbonyl (C=O) groups excluding carboxylic acids is 2. The van der Waals surface area contributed by atoms with Crippen LogP contribution in [0.2, 0.25) is 0 Å². The van der Waals surface area contributed by atoms with Gasteiger partial charge in [0.15, 0.2) is 11.5 Å². The van der Waals surface area contributed by atoms with Crippen molar-refractivity contribution in [2.45, 2.75) is 0 Å². The van der Waals surface area contributed by atoms with Gasteiger partial charge >= 0.3 is 11.9 Å². The first-order valence-corrected chi connectivity index (χ1v) is 8.18. The molecule has 3 aromatic rings. The third kappa shape index (κ3) is 3.88. The van der Waals surface area contributed by atoms with Gasteiger partial charge in [-0.05, 0) is 36.4 Å². The van der Waals surface area contributed by atoms with E-state index in [2.05, 4.69) is 0 Å². The lowest BCUT2D eigenvalue weighted by Gasteiger charge is -2.14. The Kier molecular flexibility index (Phi) is 5.45. The molecule has 0 atom stereocenters. The van der Waals surface area contributed by atoms with Crippen molar-refractivity contribution in [3.8, 4) is 28.7 Å². The predicted octanol–water partition coefficient (Wildman–Crippen LogP) is 3.54. The quantitative estimate of drug-likeness (QED) is 0.515. The average Bonchev–Trinajstić information content (AvgIpc) is 2.69. The molecule has 0 saturated heterocycles. The Morgan fingerprint density at radius 3 is 1.71 bits per heavy atom. The van der Waals surface area contributed by atoms with E-state index in [4.69, 9.17) is 14.2 Å². The van der Waals surface area contributed by atoms with E-state index in [0.717, 1.165) is 0 Å². The molecule has 0 heterocycles. The molecule has 0 aromatic heterocycles. The molecule has 0 aliphatic heterocycles. The molecule has 0 aliphatic carbocycles. The Bertz CT molecular complexity index is 1030. The monoisotopic (exact) mass is 380 g/mol. The van der Waals surface area contributed by atoms with Gasteiger partial charge in [0.1, 0.15) is 22.6 Å². The third-order valence-corrected chi connectivity index (χ3v) is 3.81. The van der Waals surface area contributed by atoms with Crippen LogP contribution in [0.15, 0.2) is 66.7 Å². The number of hydrogen-bond donors (Lipinski definition) is 2. The number of para-hydroxylation sites is 3. The summed E-state index contributed by atoms with van der Waals surface area (Å²) in [4.78, 5) is 24.8. The molecule has 2 N–H and O–H groups in total. The van der Waals surface area contributed by atoms with Gasteiger partial charge < -0.3 is 24.4 Å². The van der Waals surface area contributed by atoms with E-state index in [1.54, 1.807) is 30.3 Å². The van der Waals surface area contributed by atoms with Crippen LogP contribution in [0.1, 0.15) is 20.7 Å². The molecule has 0 saturated carbocycles. The molecule has 0 unspecified atom stereocenters. The van der Waals surface area contributed by atoms with Crippen molar-refractivity contribution < 1.29 is 34.0 Å². The maximum atomic E-state index is 12.4. The molecular formula is C21H16O7. The maximum absolute atomic E-state index is 12.4. The summed E-state index contributed by atoms with van der Waals surface area (Å²) in [6.07, 6.45) is 0. The second kappa shape index (κ2) is 8.13. The summed E-state index contributed by atoms with van der Waals surface area (Å²) in [5, 5.41) is 19.6. The van der Waals surface area contributed by atoms with Crippen molar-refractivity contribution in [3.63, 3.8) is 0 Å². The van der Waals surface area contributed by atoms with Crippen LogP contribution in [0, 0.1) is 0 Å². The summed E-state index contributed by atoms with van der Waals surface area (Å²) in [7, 11) is 1.36. The second-order valence-corrected chi connectivity index (χ2v) is 5.60. The zero-order chi connectivity index (χ0) is 20.1. The highest BCUT2D eigenvalue weighted by Crippen LogP contribution is 2.38. The van der Waals surface area contributed by atoms with E-state index in [0.29, 0.717) is 0 Å². The summed E-state index contributed by atoms with van der Waals surface area (Å²) in [6, 6.07) is 16.2. The van der Waals surface area contributed by atoms with Gasteiger partial charge in [-0.25, -0.2) is 9.59 Å². The number of aromatic hydroxyl groups is 2. The van der Waals surface area contributed by atoms with Crippen LogP contribution in [0.4, 0.5) is 0 Å². The number of rotatable bonds is 5. The summed E-state index contributed by atoms with van der Waals surface area (Å²) in [5.74, 6) is -2.28. The van der Waals surface area contributed by atoms with Crippen molar-refractivity contribution in [2.75, 3.05) is 7.11 Å². The molecule has 0 spiro atoms. The lowest BCUT2D eigenvalue weighted by molar-refractivity contribution is 0.0674. The van der Waals surface area contributed by atoms with Crippen LogP contribution in [0.5, 0.6) is 28.7 Å². The van der Waals surface area contributed by atoms with Crippen molar-refractivity contribution in [1.82, 2.24) is 0 Å². The highest BCUT2D eigenvalue weighted by atomic mass is 16.6. The molecule has 3 aromatic carbocycles. The van der Waals surface area contributed by atoms with E-state index >= 15 is 0 Å². The average molecular weight is 380 g/mol. The van der Waals surface area contributed by atoms with Crippen LogP contribution in [0.25, 0.3) is 0 Å². The van der Waals surface area contributed by atoms with Crippen LogP contribution in [-0.4, -0.2) is 29.3 Å². The minimum Gasteiger partial charge on any atom is -0.507 e. The fourth-order valence-electron chi connectivity index (χ4n) is 2.43. The fraction of sp³-hybridized carbons (Fsp3) is 0.0476. The molecule has 7 nitrogen and oxygen atoms in total. The van der Waals surface area contributed by atoms with Gasteiger partial charge in [-0.1, -0.05) is 30.3 Å². The largest absolute Gasteiger partial charge is 0.507 e. The fourth-order valence-corrected chi connectivity index (χ4v) is 2.43. The summed E-state index contributed by atoms with van der Waals surface area (Å²) < 4.78 is 15.8. The van der Waals surface area contributed by atoms with Crippen LogP contribution >= 0.6 is 0 Å². The van der Waals surface area contributed by atoms with Gasteiger partial charge in [0, 0.05) is 0 Å². The van der Waals surface area contributed by atoms with Crippen molar-refractivity contribution in [3.05, 3.63) is 77.9 Å². The first-order chi connectivity index (χ1) is 13.5. The number of phenols is 2. The number of ether oxygens (including phenoxy) is 3. The molecule has 0 fully saturated rings. The highest BCUT2D eigenvalue weighted by Gasteiger charge is 2.22.